The molecule has 0 aliphatic carbocycles. The minimum atomic E-state index is -0.266. The summed E-state index contributed by atoms with van der Waals surface area (Å²) in [7, 11) is 0. The fourth-order valence-electron chi connectivity index (χ4n) is 3.67. The number of anilines is 2. The van der Waals surface area contributed by atoms with Gasteiger partial charge in [-0.3, -0.25) is 4.99 Å². The molecular weight excluding hydrogens is 355 g/mol. The molecule has 4 rings (SSSR count). The first-order chi connectivity index (χ1) is 13.6. The maximum Gasteiger partial charge on any atom is 0.128 e. The number of rotatable bonds is 4. The molecule has 1 unspecified atom stereocenters. The minimum absolute atomic E-state index is 0.0772. The van der Waals surface area contributed by atoms with Crippen LogP contribution in [0.3, 0.4) is 0 Å². The average molecular weight is 380 g/mol. The molecule has 1 fully saturated rings. The number of allylic oxidation sites excluding steroid dienone is 1. The van der Waals surface area contributed by atoms with Crippen LogP contribution < -0.4 is 14.5 Å². The number of nitrogens with zero attached hydrogens (tertiary/aromatic N) is 4. The highest BCUT2D eigenvalue weighted by atomic mass is 19.1. The number of piperidine rings is 1. The van der Waals surface area contributed by atoms with Crippen molar-refractivity contribution in [3.05, 3.63) is 60.7 Å². The molecule has 2 aromatic rings. The monoisotopic (exact) mass is 380 g/mol. The molecule has 0 amide bonds. The summed E-state index contributed by atoms with van der Waals surface area (Å²) in [6.07, 6.45) is 7.93. The molecular formula is C22H25FN4O. The van der Waals surface area contributed by atoms with E-state index in [1.54, 1.807) is 12.1 Å². The quantitative estimate of drug-likeness (QED) is 0.788. The van der Waals surface area contributed by atoms with Crippen molar-refractivity contribution in [3.8, 4) is 5.75 Å². The Hall–Kier alpha value is -2.89. The van der Waals surface area contributed by atoms with E-state index >= 15 is 0 Å². The number of halogens is 1. The lowest BCUT2D eigenvalue weighted by Gasteiger charge is -2.33. The van der Waals surface area contributed by atoms with Crippen LogP contribution >= 0.6 is 0 Å². The highest BCUT2D eigenvalue weighted by molar-refractivity contribution is 5.94. The Morgan fingerprint density at radius 2 is 1.96 bits per heavy atom. The van der Waals surface area contributed by atoms with E-state index in [2.05, 4.69) is 45.0 Å². The lowest BCUT2D eigenvalue weighted by molar-refractivity contribution is 0.170. The van der Waals surface area contributed by atoms with Crippen LogP contribution in [0.4, 0.5) is 15.9 Å². The minimum Gasteiger partial charge on any atom is -0.490 e. The molecule has 28 heavy (non-hydrogen) atoms. The smallest absolute Gasteiger partial charge is 0.128 e. The average Bonchev–Trinajstić information content (AvgIpc) is 2.69. The van der Waals surface area contributed by atoms with Crippen LogP contribution in [0.5, 0.6) is 5.75 Å². The van der Waals surface area contributed by atoms with Gasteiger partial charge in [0.2, 0.25) is 0 Å². The largest absolute Gasteiger partial charge is 0.490 e. The van der Waals surface area contributed by atoms with Crippen LogP contribution in [0.1, 0.15) is 26.7 Å². The Balaban J connectivity index is 1.34. The molecule has 0 spiro atoms. The van der Waals surface area contributed by atoms with Gasteiger partial charge >= 0.3 is 0 Å². The number of ether oxygens (including phenoxy) is 1. The lowest BCUT2D eigenvalue weighted by atomic mass is 10.1. The Morgan fingerprint density at radius 3 is 2.64 bits per heavy atom. The van der Waals surface area contributed by atoms with Gasteiger partial charge in [0.1, 0.15) is 29.7 Å². The van der Waals surface area contributed by atoms with Crippen molar-refractivity contribution >= 4 is 17.2 Å². The van der Waals surface area contributed by atoms with E-state index in [1.165, 1.54) is 12.1 Å². The summed E-state index contributed by atoms with van der Waals surface area (Å²) >= 11 is 0. The first-order valence-corrected chi connectivity index (χ1v) is 9.73. The second-order valence-electron chi connectivity index (χ2n) is 7.26. The van der Waals surface area contributed by atoms with Crippen molar-refractivity contribution in [2.24, 2.45) is 4.99 Å². The van der Waals surface area contributed by atoms with E-state index < -0.39 is 0 Å². The van der Waals surface area contributed by atoms with Crippen molar-refractivity contribution < 1.29 is 9.13 Å². The molecule has 1 aromatic heterocycles. The van der Waals surface area contributed by atoms with E-state index in [0.29, 0.717) is 5.75 Å². The Labute approximate surface area is 165 Å². The van der Waals surface area contributed by atoms with Crippen molar-refractivity contribution in [1.82, 2.24) is 4.98 Å². The zero-order valence-electron chi connectivity index (χ0n) is 16.3. The number of hydrogen-bond donors (Lipinski definition) is 0. The fraction of sp³-hybridized carbons (Fsp3) is 0.364. The number of benzene rings is 1. The fourth-order valence-corrected chi connectivity index (χ4v) is 3.67. The van der Waals surface area contributed by atoms with E-state index in [0.717, 1.165) is 43.1 Å². The normalized spacial score (nSPS) is 20.2. The number of aromatic nitrogens is 1. The van der Waals surface area contributed by atoms with Gasteiger partial charge in [-0.2, -0.15) is 0 Å². The molecule has 3 heterocycles. The van der Waals surface area contributed by atoms with E-state index in [-0.39, 0.29) is 18.1 Å². The van der Waals surface area contributed by atoms with Gasteiger partial charge in [-0.15, -0.1) is 0 Å². The van der Waals surface area contributed by atoms with Gasteiger partial charge in [-0.1, -0.05) is 6.07 Å². The highest BCUT2D eigenvalue weighted by Gasteiger charge is 2.22. The van der Waals surface area contributed by atoms with Gasteiger partial charge in [-0.05, 0) is 44.2 Å². The number of hydrogen-bond acceptors (Lipinski definition) is 5. The summed E-state index contributed by atoms with van der Waals surface area (Å²) in [6, 6.07) is 10.5. The number of aliphatic imine (C=N–C) groups is 1. The van der Waals surface area contributed by atoms with Crippen molar-refractivity contribution in [3.63, 3.8) is 0 Å². The van der Waals surface area contributed by atoms with Crippen LogP contribution in [-0.2, 0) is 0 Å². The van der Waals surface area contributed by atoms with Crippen LogP contribution in [0, 0.1) is 5.82 Å². The second kappa shape index (κ2) is 8.00. The molecule has 2 aliphatic heterocycles. The second-order valence-corrected chi connectivity index (χ2v) is 7.26. The van der Waals surface area contributed by atoms with Gasteiger partial charge in [0.25, 0.3) is 0 Å². The van der Waals surface area contributed by atoms with Crippen LogP contribution in [0.2, 0.25) is 0 Å². The SMILES string of the molecule is CC1=NC(C)N(c2ccc(N3CCC(Oc4cccc(F)c4)CC3)nc2)C=C1. The van der Waals surface area contributed by atoms with Gasteiger partial charge in [0.15, 0.2) is 0 Å². The molecule has 0 radical (unpaired) electrons. The maximum atomic E-state index is 13.3. The van der Waals surface area contributed by atoms with Crippen LogP contribution in [0.15, 0.2) is 59.9 Å². The predicted octanol–water partition coefficient (Wildman–Crippen LogP) is 4.41. The Morgan fingerprint density at radius 1 is 1.14 bits per heavy atom. The molecule has 1 saturated heterocycles. The molecule has 0 saturated carbocycles. The van der Waals surface area contributed by atoms with Gasteiger partial charge in [-0.25, -0.2) is 9.37 Å². The molecule has 2 aliphatic rings. The van der Waals surface area contributed by atoms with E-state index in [4.69, 9.17) is 4.74 Å². The van der Waals surface area contributed by atoms with Crippen LogP contribution in [-0.4, -0.2) is 36.1 Å². The van der Waals surface area contributed by atoms with Crippen molar-refractivity contribution in [1.29, 1.82) is 0 Å². The van der Waals surface area contributed by atoms with E-state index in [9.17, 15) is 4.39 Å². The van der Waals surface area contributed by atoms with Gasteiger partial charge in [0.05, 0.1) is 11.9 Å². The summed E-state index contributed by atoms with van der Waals surface area (Å²) in [4.78, 5) is 13.6. The maximum absolute atomic E-state index is 13.3. The van der Waals surface area contributed by atoms with Crippen LogP contribution in [0.25, 0.3) is 0 Å². The van der Waals surface area contributed by atoms with Crippen molar-refractivity contribution in [2.45, 2.75) is 39.0 Å². The summed E-state index contributed by atoms with van der Waals surface area (Å²) < 4.78 is 19.2. The van der Waals surface area contributed by atoms with Gasteiger partial charge < -0.3 is 14.5 Å². The molecule has 0 bridgehead atoms. The topological polar surface area (TPSA) is 41.0 Å². The molecule has 0 N–H and O–H groups in total. The third kappa shape index (κ3) is 4.16. The summed E-state index contributed by atoms with van der Waals surface area (Å²) in [5.41, 5.74) is 2.07. The van der Waals surface area contributed by atoms with E-state index in [1.807, 2.05) is 19.2 Å². The zero-order chi connectivity index (χ0) is 19.5. The summed E-state index contributed by atoms with van der Waals surface area (Å²) in [5, 5.41) is 0. The first-order valence-electron chi connectivity index (χ1n) is 9.73. The third-order valence-corrected chi connectivity index (χ3v) is 5.16. The summed E-state index contributed by atoms with van der Waals surface area (Å²) in [5.74, 6) is 1.31. The third-order valence-electron chi connectivity index (χ3n) is 5.16. The first kappa shape index (κ1) is 18.5. The van der Waals surface area contributed by atoms with Crippen molar-refractivity contribution in [2.75, 3.05) is 22.9 Å². The molecule has 146 valence electrons. The molecule has 5 nitrogen and oxygen atoms in total. The highest BCUT2D eigenvalue weighted by Crippen LogP contribution is 2.25. The molecule has 1 atom stereocenters. The zero-order valence-corrected chi connectivity index (χ0v) is 16.3. The predicted molar refractivity (Wildman–Crippen MR) is 111 cm³/mol. The standard InChI is InChI=1S/C22H25FN4O/c1-16-8-13-27(17(2)25-16)19-6-7-22(24-15-19)26-11-9-20(10-12-26)28-21-5-3-4-18(23)14-21/h3-8,13-15,17,20H,9-12H2,1-2H3. The Kier molecular flexibility index (Phi) is 5.28. The van der Waals surface area contributed by atoms with Gasteiger partial charge in [0, 0.05) is 43.9 Å². The molecule has 1 aromatic carbocycles. The Bertz CT molecular complexity index is 872. The lowest BCUT2D eigenvalue weighted by Crippen LogP contribution is -2.38. The summed E-state index contributed by atoms with van der Waals surface area (Å²) in [6.45, 7) is 5.82. The molecule has 6 heteroatoms. The number of pyridine rings is 1.